The first-order chi connectivity index (χ1) is 9.24. The van der Waals surface area contributed by atoms with Crippen molar-refractivity contribution >= 4 is 5.91 Å². The van der Waals surface area contributed by atoms with Crippen LogP contribution in [0.2, 0.25) is 0 Å². The second-order valence-corrected chi connectivity index (χ2v) is 4.69. The van der Waals surface area contributed by atoms with Gasteiger partial charge in [-0.05, 0) is 18.6 Å². The summed E-state index contributed by atoms with van der Waals surface area (Å²) in [5, 5.41) is 6.89. The van der Waals surface area contributed by atoms with Gasteiger partial charge in [-0.3, -0.25) is 14.7 Å². The zero-order chi connectivity index (χ0) is 13.2. The number of nitrogens with one attached hydrogen (secondary N) is 2. The van der Waals surface area contributed by atoms with E-state index in [0.717, 1.165) is 18.7 Å². The molecule has 1 aliphatic rings. The van der Waals surface area contributed by atoms with E-state index in [4.69, 9.17) is 0 Å². The number of H-pyrrole nitrogens is 2. The lowest BCUT2D eigenvalue weighted by Gasteiger charge is -2.16. The molecule has 0 radical (unpaired) electrons. The van der Waals surface area contributed by atoms with Gasteiger partial charge in [-0.2, -0.15) is 5.10 Å². The number of hydrogen-bond acceptors (Lipinski definition) is 3. The molecule has 2 aromatic heterocycles. The van der Waals surface area contributed by atoms with Crippen LogP contribution in [0.1, 0.15) is 28.4 Å². The van der Waals surface area contributed by atoms with E-state index < -0.39 is 0 Å². The molecule has 98 valence electrons. The van der Waals surface area contributed by atoms with Crippen LogP contribution in [-0.2, 0) is 0 Å². The van der Waals surface area contributed by atoms with E-state index in [-0.39, 0.29) is 11.5 Å². The zero-order valence-electron chi connectivity index (χ0n) is 10.3. The fraction of sp³-hybridized carbons (Fsp3) is 0.308. The van der Waals surface area contributed by atoms with Gasteiger partial charge >= 0.3 is 0 Å². The molecule has 0 bridgehead atoms. The number of rotatable bonds is 2. The molecular formula is C13H14N4O2. The molecule has 0 aliphatic carbocycles. The first kappa shape index (κ1) is 11.7. The Morgan fingerprint density at radius 2 is 2.26 bits per heavy atom. The molecule has 0 spiro atoms. The molecule has 3 rings (SSSR count). The number of carbonyl (C=O) groups excluding carboxylic acids is 1. The summed E-state index contributed by atoms with van der Waals surface area (Å²) in [5.41, 5.74) is 1.38. The molecule has 2 N–H and O–H groups in total. The van der Waals surface area contributed by atoms with Crippen LogP contribution in [0.4, 0.5) is 0 Å². The Morgan fingerprint density at radius 3 is 2.95 bits per heavy atom. The van der Waals surface area contributed by atoms with Gasteiger partial charge in [0.05, 0.1) is 5.56 Å². The Morgan fingerprint density at radius 1 is 1.37 bits per heavy atom. The number of aromatic amines is 2. The number of nitrogens with zero attached hydrogens (tertiary/aromatic N) is 2. The molecule has 1 unspecified atom stereocenters. The minimum absolute atomic E-state index is 0.0433. The maximum atomic E-state index is 12.3. The van der Waals surface area contributed by atoms with E-state index in [0.29, 0.717) is 18.0 Å². The Hall–Kier alpha value is -2.37. The summed E-state index contributed by atoms with van der Waals surface area (Å²) >= 11 is 0. The van der Waals surface area contributed by atoms with Gasteiger partial charge in [0.25, 0.3) is 5.91 Å². The average Bonchev–Trinajstić information content (AvgIpc) is 3.10. The van der Waals surface area contributed by atoms with Gasteiger partial charge in [-0.15, -0.1) is 0 Å². The predicted molar refractivity (Wildman–Crippen MR) is 68.9 cm³/mol. The molecule has 1 atom stereocenters. The maximum Gasteiger partial charge on any atom is 0.255 e. The van der Waals surface area contributed by atoms with Crippen LogP contribution in [0.3, 0.4) is 0 Å². The highest BCUT2D eigenvalue weighted by Crippen LogP contribution is 2.26. The monoisotopic (exact) mass is 258 g/mol. The Balaban J connectivity index is 1.72. The molecule has 6 nitrogen and oxygen atoms in total. The van der Waals surface area contributed by atoms with E-state index in [1.54, 1.807) is 17.2 Å². The summed E-state index contributed by atoms with van der Waals surface area (Å²) in [7, 11) is 0. The van der Waals surface area contributed by atoms with Gasteiger partial charge in [-0.1, -0.05) is 0 Å². The lowest BCUT2D eigenvalue weighted by atomic mass is 10.1. The van der Waals surface area contributed by atoms with Crippen LogP contribution in [0.5, 0.6) is 0 Å². The number of aromatic nitrogens is 3. The third-order valence-electron chi connectivity index (χ3n) is 3.47. The van der Waals surface area contributed by atoms with Crippen molar-refractivity contribution in [3.05, 3.63) is 52.2 Å². The largest absolute Gasteiger partial charge is 0.338 e. The fourth-order valence-electron chi connectivity index (χ4n) is 2.42. The van der Waals surface area contributed by atoms with Crippen molar-refractivity contribution in [2.45, 2.75) is 12.3 Å². The Labute approximate surface area is 109 Å². The second kappa shape index (κ2) is 4.72. The number of amides is 1. The summed E-state index contributed by atoms with van der Waals surface area (Å²) in [6.45, 7) is 1.40. The lowest BCUT2D eigenvalue weighted by Crippen LogP contribution is -2.29. The normalized spacial score (nSPS) is 18.7. The maximum absolute atomic E-state index is 12.3. The van der Waals surface area contributed by atoms with Crippen LogP contribution in [-0.4, -0.2) is 39.1 Å². The first-order valence-electron chi connectivity index (χ1n) is 6.21. The molecule has 6 heteroatoms. The van der Waals surface area contributed by atoms with E-state index in [9.17, 15) is 9.59 Å². The fourth-order valence-corrected chi connectivity index (χ4v) is 2.42. The highest BCUT2D eigenvalue weighted by molar-refractivity contribution is 5.94. The van der Waals surface area contributed by atoms with Crippen LogP contribution in [0.25, 0.3) is 0 Å². The minimum atomic E-state index is -0.201. The third kappa shape index (κ3) is 2.29. The average molecular weight is 258 g/mol. The molecule has 1 saturated heterocycles. The van der Waals surface area contributed by atoms with Crippen molar-refractivity contribution in [1.29, 1.82) is 0 Å². The highest BCUT2D eigenvalue weighted by atomic mass is 16.2. The molecule has 19 heavy (non-hydrogen) atoms. The van der Waals surface area contributed by atoms with Crippen molar-refractivity contribution < 1.29 is 4.79 Å². The van der Waals surface area contributed by atoms with Crippen molar-refractivity contribution in [2.75, 3.05) is 13.1 Å². The van der Waals surface area contributed by atoms with E-state index in [1.807, 2.05) is 6.07 Å². The molecule has 1 fully saturated rings. The molecule has 2 aromatic rings. The van der Waals surface area contributed by atoms with Crippen molar-refractivity contribution in [3.8, 4) is 0 Å². The smallest absolute Gasteiger partial charge is 0.255 e. The number of carbonyl (C=O) groups is 1. The van der Waals surface area contributed by atoms with Gasteiger partial charge in [0, 0.05) is 43.2 Å². The minimum Gasteiger partial charge on any atom is -0.338 e. The van der Waals surface area contributed by atoms with Gasteiger partial charge in [0.2, 0.25) is 5.56 Å². The van der Waals surface area contributed by atoms with Gasteiger partial charge in [0.1, 0.15) is 0 Å². The molecular weight excluding hydrogens is 244 g/mol. The van der Waals surface area contributed by atoms with Crippen LogP contribution in [0, 0.1) is 0 Å². The van der Waals surface area contributed by atoms with E-state index in [2.05, 4.69) is 15.2 Å². The number of pyridine rings is 1. The van der Waals surface area contributed by atoms with Gasteiger partial charge in [-0.25, -0.2) is 0 Å². The lowest BCUT2D eigenvalue weighted by molar-refractivity contribution is 0.0790. The quantitative estimate of drug-likeness (QED) is 0.833. The Bertz CT molecular complexity index is 612. The molecule has 3 heterocycles. The van der Waals surface area contributed by atoms with Crippen molar-refractivity contribution in [1.82, 2.24) is 20.1 Å². The van der Waals surface area contributed by atoms with E-state index >= 15 is 0 Å². The first-order valence-corrected chi connectivity index (χ1v) is 6.21. The van der Waals surface area contributed by atoms with Crippen LogP contribution < -0.4 is 5.56 Å². The Kier molecular flexibility index (Phi) is 2.91. The van der Waals surface area contributed by atoms with Gasteiger partial charge in [0.15, 0.2) is 0 Å². The standard InChI is InChI=1S/C13H14N4O2/c18-12-2-1-9(7-14-12)13(19)17-6-4-10(8-17)11-3-5-15-16-11/h1-3,5,7,10H,4,6,8H2,(H,14,18)(H,15,16). The van der Waals surface area contributed by atoms with Crippen LogP contribution in [0.15, 0.2) is 35.4 Å². The predicted octanol–water partition coefficient (Wildman–Crippen LogP) is 0.728. The molecule has 1 aliphatic heterocycles. The summed E-state index contributed by atoms with van der Waals surface area (Å²) in [5.74, 6) is 0.271. The van der Waals surface area contributed by atoms with Crippen LogP contribution >= 0.6 is 0 Å². The summed E-state index contributed by atoms with van der Waals surface area (Å²) in [6.07, 6.45) is 4.12. The highest BCUT2D eigenvalue weighted by Gasteiger charge is 2.28. The van der Waals surface area contributed by atoms with Crippen molar-refractivity contribution in [3.63, 3.8) is 0 Å². The molecule has 1 amide bonds. The second-order valence-electron chi connectivity index (χ2n) is 4.69. The topological polar surface area (TPSA) is 81.8 Å². The van der Waals surface area contributed by atoms with Gasteiger partial charge < -0.3 is 9.88 Å². The molecule has 0 aromatic carbocycles. The summed E-state index contributed by atoms with van der Waals surface area (Å²) in [6, 6.07) is 4.87. The summed E-state index contributed by atoms with van der Waals surface area (Å²) in [4.78, 5) is 27.6. The number of likely N-dealkylation sites (tertiary alicyclic amines) is 1. The summed E-state index contributed by atoms with van der Waals surface area (Å²) < 4.78 is 0. The van der Waals surface area contributed by atoms with E-state index in [1.165, 1.54) is 12.3 Å². The molecule has 0 saturated carbocycles. The number of hydrogen-bond donors (Lipinski definition) is 2. The van der Waals surface area contributed by atoms with Crippen molar-refractivity contribution in [2.24, 2.45) is 0 Å². The zero-order valence-corrected chi connectivity index (χ0v) is 10.3. The SMILES string of the molecule is O=C(c1ccc(=O)[nH]c1)N1CCC(c2ccn[nH]2)C1. The third-order valence-corrected chi connectivity index (χ3v) is 3.47.